The molecule has 116 valence electrons. The Morgan fingerprint density at radius 2 is 2.00 bits per heavy atom. The lowest BCUT2D eigenvalue weighted by Gasteiger charge is -2.23. The average molecular weight is 367 g/mol. The molecule has 2 aromatic rings. The van der Waals surface area contributed by atoms with Crippen LogP contribution in [0.15, 0.2) is 35.7 Å². The van der Waals surface area contributed by atoms with Gasteiger partial charge in [0.25, 0.3) is 0 Å². The van der Waals surface area contributed by atoms with Crippen LogP contribution in [0.3, 0.4) is 0 Å². The number of hydrogen-bond donors (Lipinski definition) is 0. The van der Waals surface area contributed by atoms with E-state index in [2.05, 4.69) is 36.5 Å². The summed E-state index contributed by atoms with van der Waals surface area (Å²) in [5.41, 5.74) is 0. The molecule has 1 aromatic carbocycles. The largest absolute Gasteiger partial charge is 0.492 e. The normalized spacial score (nSPS) is 12.0. The first-order valence-corrected chi connectivity index (χ1v) is 7.99. The van der Waals surface area contributed by atoms with E-state index in [0.717, 1.165) is 6.42 Å². The van der Waals surface area contributed by atoms with Crippen molar-refractivity contribution in [3.63, 3.8) is 0 Å². The second-order valence-corrected chi connectivity index (χ2v) is 6.53. The van der Waals surface area contributed by atoms with Gasteiger partial charge >= 0.3 is 0 Å². The molecule has 0 saturated carbocycles. The smallest absolute Gasteiger partial charge is 0.137 e. The molecule has 0 aliphatic heterocycles. The van der Waals surface area contributed by atoms with Gasteiger partial charge in [-0.3, -0.25) is 0 Å². The Kier molecular flexibility index (Phi) is 7.85. The van der Waals surface area contributed by atoms with Gasteiger partial charge in [-0.15, -0.1) is 23.7 Å². The van der Waals surface area contributed by atoms with E-state index in [1.165, 1.54) is 4.88 Å². The second-order valence-electron chi connectivity index (χ2n) is 4.71. The fourth-order valence-corrected chi connectivity index (χ4v) is 3.43. The van der Waals surface area contributed by atoms with Crippen LogP contribution in [0.4, 0.5) is 0 Å². The number of rotatable bonds is 6. The van der Waals surface area contributed by atoms with E-state index in [9.17, 15) is 0 Å². The Labute approximate surface area is 146 Å². The minimum Gasteiger partial charge on any atom is -0.492 e. The highest BCUT2D eigenvalue weighted by atomic mass is 35.5. The SMILES string of the molecule is CN(C)C(CCOc1ccc(Cl)cc1Cl)c1cccs1.Cl. The van der Waals surface area contributed by atoms with E-state index >= 15 is 0 Å². The van der Waals surface area contributed by atoms with Crippen LogP contribution in [-0.2, 0) is 0 Å². The van der Waals surface area contributed by atoms with E-state index in [1.54, 1.807) is 29.5 Å². The molecule has 2 rings (SSSR count). The summed E-state index contributed by atoms with van der Waals surface area (Å²) < 4.78 is 5.76. The number of halogens is 3. The zero-order valence-corrected chi connectivity index (χ0v) is 15.0. The predicted octanol–water partition coefficient (Wildman–Crippen LogP) is 5.55. The molecule has 0 saturated heterocycles. The van der Waals surface area contributed by atoms with Gasteiger partial charge < -0.3 is 9.64 Å². The van der Waals surface area contributed by atoms with Crippen molar-refractivity contribution >= 4 is 46.9 Å². The van der Waals surface area contributed by atoms with Crippen LogP contribution in [0.1, 0.15) is 17.3 Å². The Hall–Kier alpha value is -0.450. The third-order valence-electron chi connectivity index (χ3n) is 3.04. The maximum Gasteiger partial charge on any atom is 0.137 e. The molecule has 0 aliphatic rings. The van der Waals surface area contributed by atoms with Gasteiger partial charge in [0.05, 0.1) is 11.6 Å². The molecule has 0 radical (unpaired) electrons. The highest BCUT2D eigenvalue weighted by Gasteiger charge is 2.15. The summed E-state index contributed by atoms with van der Waals surface area (Å²) in [6, 6.07) is 9.88. The monoisotopic (exact) mass is 365 g/mol. The van der Waals surface area contributed by atoms with Gasteiger partial charge in [0.2, 0.25) is 0 Å². The maximum absolute atomic E-state index is 6.09. The molecule has 0 amide bonds. The number of nitrogens with zero attached hydrogens (tertiary/aromatic N) is 1. The van der Waals surface area contributed by atoms with Crippen LogP contribution >= 0.6 is 46.9 Å². The van der Waals surface area contributed by atoms with Crippen LogP contribution < -0.4 is 4.74 Å². The quantitative estimate of drug-likeness (QED) is 0.664. The fourth-order valence-electron chi connectivity index (χ4n) is 2.01. The van der Waals surface area contributed by atoms with Crippen molar-refractivity contribution in [1.29, 1.82) is 0 Å². The minimum atomic E-state index is 0. The van der Waals surface area contributed by atoms with E-state index in [4.69, 9.17) is 27.9 Å². The Morgan fingerprint density at radius 1 is 1.24 bits per heavy atom. The van der Waals surface area contributed by atoms with Gasteiger partial charge in [0.15, 0.2) is 0 Å². The van der Waals surface area contributed by atoms with Gasteiger partial charge in [-0.2, -0.15) is 0 Å². The summed E-state index contributed by atoms with van der Waals surface area (Å²) in [6.07, 6.45) is 0.909. The molecule has 0 bridgehead atoms. The molecule has 1 heterocycles. The molecule has 0 spiro atoms. The highest BCUT2D eigenvalue weighted by molar-refractivity contribution is 7.10. The Bertz CT molecular complexity index is 546. The molecule has 1 unspecified atom stereocenters. The molecule has 6 heteroatoms. The van der Waals surface area contributed by atoms with Gasteiger partial charge in [0, 0.05) is 22.4 Å². The van der Waals surface area contributed by atoms with Crippen molar-refractivity contribution in [2.45, 2.75) is 12.5 Å². The Morgan fingerprint density at radius 3 is 2.57 bits per heavy atom. The van der Waals surface area contributed by atoms with Gasteiger partial charge in [-0.1, -0.05) is 29.3 Å². The summed E-state index contributed by atoms with van der Waals surface area (Å²) in [4.78, 5) is 3.55. The number of hydrogen-bond acceptors (Lipinski definition) is 3. The molecule has 0 aliphatic carbocycles. The molecule has 0 fully saturated rings. The summed E-state index contributed by atoms with van der Waals surface area (Å²) >= 11 is 13.7. The van der Waals surface area contributed by atoms with Crippen LogP contribution in [0.2, 0.25) is 10.0 Å². The lowest BCUT2D eigenvalue weighted by Crippen LogP contribution is -2.21. The van der Waals surface area contributed by atoms with Crippen molar-refractivity contribution in [2.24, 2.45) is 0 Å². The lowest BCUT2D eigenvalue weighted by molar-refractivity contribution is 0.226. The van der Waals surface area contributed by atoms with Crippen molar-refractivity contribution in [3.05, 3.63) is 50.6 Å². The zero-order chi connectivity index (χ0) is 14.5. The highest BCUT2D eigenvalue weighted by Crippen LogP contribution is 2.29. The maximum atomic E-state index is 6.09. The van der Waals surface area contributed by atoms with Crippen LogP contribution in [-0.4, -0.2) is 25.6 Å². The molecule has 1 atom stereocenters. The van der Waals surface area contributed by atoms with Crippen molar-refractivity contribution < 1.29 is 4.74 Å². The third-order valence-corrected chi connectivity index (χ3v) is 4.54. The Balaban J connectivity index is 0.00000220. The first-order valence-electron chi connectivity index (χ1n) is 6.35. The first kappa shape index (κ1) is 18.6. The van der Waals surface area contributed by atoms with Gasteiger partial charge in [-0.25, -0.2) is 0 Å². The van der Waals surface area contributed by atoms with Crippen molar-refractivity contribution in [3.8, 4) is 5.75 Å². The fraction of sp³-hybridized carbons (Fsp3) is 0.333. The van der Waals surface area contributed by atoms with Crippen molar-refractivity contribution in [2.75, 3.05) is 20.7 Å². The molecule has 21 heavy (non-hydrogen) atoms. The topological polar surface area (TPSA) is 12.5 Å². The summed E-state index contributed by atoms with van der Waals surface area (Å²) in [6.45, 7) is 0.613. The number of thiophene rings is 1. The summed E-state index contributed by atoms with van der Waals surface area (Å²) in [5, 5.41) is 3.27. The van der Waals surface area contributed by atoms with E-state index in [-0.39, 0.29) is 12.4 Å². The van der Waals surface area contributed by atoms with Gasteiger partial charge in [-0.05, 0) is 43.7 Å². The average Bonchev–Trinajstić information content (AvgIpc) is 2.90. The standard InChI is InChI=1S/C15H17Cl2NOS.ClH/c1-18(2)13(15-4-3-9-20-15)7-8-19-14-6-5-11(16)10-12(14)17;/h3-6,9-10,13H,7-8H2,1-2H3;1H. The second kappa shape index (κ2) is 8.86. The molecule has 1 aromatic heterocycles. The van der Waals surface area contributed by atoms with E-state index < -0.39 is 0 Å². The lowest BCUT2D eigenvalue weighted by atomic mass is 10.1. The van der Waals surface area contributed by atoms with Crippen molar-refractivity contribution in [1.82, 2.24) is 4.90 Å². The van der Waals surface area contributed by atoms with Gasteiger partial charge in [0.1, 0.15) is 5.75 Å². The number of benzene rings is 1. The molecular weight excluding hydrogens is 349 g/mol. The molecule has 0 N–H and O–H groups in total. The zero-order valence-electron chi connectivity index (χ0n) is 11.9. The van der Waals surface area contributed by atoms with Crippen LogP contribution in [0.25, 0.3) is 0 Å². The van der Waals surface area contributed by atoms with Crippen LogP contribution in [0.5, 0.6) is 5.75 Å². The summed E-state index contributed by atoms with van der Waals surface area (Å²) in [5.74, 6) is 0.680. The third kappa shape index (κ3) is 5.35. The molecule has 2 nitrogen and oxygen atoms in total. The summed E-state index contributed by atoms with van der Waals surface area (Å²) in [7, 11) is 4.17. The predicted molar refractivity (Wildman–Crippen MR) is 94.6 cm³/mol. The van der Waals surface area contributed by atoms with E-state index in [1.807, 2.05) is 0 Å². The minimum absolute atomic E-state index is 0. The van der Waals surface area contributed by atoms with E-state index in [0.29, 0.717) is 28.4 Å². The van der Waals surface area contributed by atoms with Crippen LogP contribution in [0, 0.1) is 0 Å². The first-order chi connectivity index (χ1) is 9.58. The number of ether oxygens (including phenoxy) is 1. The molecular formula is C15H18Cl3NOS.